The molecule has 0 saturated heterocycles. The number of fused-ring (bicyclic) bond motifs is 1. The largest absolute Gasteiger partial charge is 0.396 e. The molecule has 3 aliphatic carbocycles. The molecule has 0 spiro atoms. The lowest BCUT2D eigenvalue weighted by molar-refractivity contribution is 0.0415. The summed E-state index contributed by atoms with van der Waals surface area (Å²) in [5.74, 6) is 1.80. The molecule has 3 fully saturated rings. The van der Waals surface area contributed by atoms with Crippen molar-refractivity contribution < 1.29 is 14.0 Å². The zero-order valence-electron chi connectivity index (χ0n) is 21.3. The molecule has 31 heavy (non-hydrogen) atoms. The van der Waals surface area contributed by atoms with Crippen LogP contribution in [0.15, 0.2) is 23.3 Å². The van der Waals surface area contributed by atoms with Gasteiger partial charge in [0.1, 0.15) is 0 Å². The first-order chi connectivity index (χ1) is 14.4. The van der Waals surface area contributed by atoms with Crippen molar-refractivity contribution >= 4 is 8.56 Å². The highest BCUT2D eigenvalue weighted by Gasteiger charge is 2.50. The van der Waals surface area contributed by atoms with Gasteiger partial charge in [-0.3, -0.25) is 0 Å². The van der Waals surface area contributed by atoms with Gasteiger partial charge in [-0.2, -0.15) is 0 Å². The average Bonchev–Trinajstić information content (AvgIpc) is 3.01. The second-order valence-corrected chi connectivity index (χ2v) is 15.5. The van der Waals surface area contributed by atoms with Crippen molar-refractivity contribution in [3.05, 3.63) is 23.3 Å². The Hall–Kier alpha value is -0.423. The molecule has 0 heterocycles. The minimum absolute atomic E-state index is 0.145. The van der Waals surface area contributed by atoms with Crippen LogP contribution in [-0.2, 0) is 8.85 Å². The molecule has 3 nitrogen and oxygen atoms in total. The summed E-state index contributed by atoms with van der Waals surface area (Å²) in [6.45, 7) is 15.8. The fraction of sp³-hybridized carbons (Fsp3) is 0.852. The minimum atomic E-state index is -2.12. The van der Waals surface area contributed by atoms with Crippen LogP contribution in [0.5, 0.6) is 0 Å². The first kappa shape index (κ1) is 25.2. The molecule has 3 rings (SSSR count). The fourth-order valence-electron chi connectivity index (χ4n) is 7.03. The van der Waals surface area contributed by atoms with E-state index in [0.717, 1.165) is 12.8 Å². The average molecular weight is 449 g/mol. The Bertz CT molecular complexity index is 674. The predicted octanol–water partition coefficient (Wildman–Crippen LogP) is 7.16. The molecule has 0 amide bonds. The molecule has 4 heteroatoms. The van der Waals surface area contributed by atoms with Crippen LogP contribution >= 0.6 is 0 Å². The van der Waals surface area contributed by atoms with Crippen LogP contribution in [0.25, 0.3) is 0 Å². The molecule has 0 aromatic carbocycles. The Kier molecular flexibility index (Phi) is 7.99. The molecule has 3 saturated carbocycles. The lowest BCUT2D eigenvalue weighted by Gasteiger charge is -2.44. The summed E-state index contributed by atoms with van der Waals surface area (Å²) in [5.41, 5.74) is 3.45. The van der Waals surface area contributed by atoms with E-state index in [1.165, 1.54) is 44.9 Å². The number of rotatable bonds is 6. The summed E-state index contributed by atoms with van der Waals surface area (Å²) in [4.78, 5) is 0. The van der Waals surface area contributed by atoms with Crippen LogP contribution < -0.4 is 0 Å². The van der Waals surface area contributed by atoms with Crippen LogP contribution in [0.4, 0.5) is 0 Å². The lowest BCUT2D eigenvalue weighted by atomic mass is 9.61. The summed E-state index contributed by atoms with van der Waals surface area (Å²) >= 11 is 0. The highest BCUT2D eigenvalue weighted by molar-refractivity contribution is 6.64. The quantitative estimate of drug-likeness (QED) is 0.438. The molecule has 0 bridgehead atoms. The van der Waals surface area contributed by atoms with E-state index in [2.05, 4.69) is 59.9 Å². The number of hydrogen-bond acceptors (Lipinski definition) is 3. The maximum atomic E-state index is 9.76. The second kappa shape index (κ2) is 9.83. The van der Waals surface area contributed by atoms with Crippen molar-refractivity contribution in [3.63, 3.8) is 0 Å². The van der Waals surface area contributed by atoms with Crippen molar-refractivity contribution in [3.8, 4) is 0 Å². The van der Waals surface area contributed by atoms with Crippen LogP contribution in [0, 0.1) is 23.2 Å². The van der Waals surface area contributed by atoms with E-state index in [9.17, 15) is 5.11 Å². The van der Waals surface area contributed by atoms with Gasteiger partial charge in [-0.05, 0) is 115 Å². The van der Waals surface area contributed by atoms with Gasteiger partial charge in [-0.15, -0.1) is 0 Å². The van der Waals surface area contributed by atoms with Crippen molar-refractivity contribution in [1.82, 2.24) is 0 Å². The third-order valence-electron chi connectivity index (χ3n) is 8.06. The summed E-state index contributed by atoms with van der Waals surface area (Å²) in [7, 11) is -2.12. The van der Waals surface area contributed by atoms with E-state index in [1.807, 2.05) is 0 Å². The minimum Gasteiger partial charge on any atom is -0.396 e. The summed E-state index contributed by atoms with van der Waals surface area (Å²) in [6, 6.07) is 0. The Morgan fingerprint density at radius 2 is 1.87 bits per heavy atom. The van der Waals surface area contributed by atoms with Gasteiger partial charge in [-0.1, -0.05) is 37.1 Å². The molecule has 0 aromatic rings. The maximum Gasteiger partial charge on any atom is 0.332 e. The maximum absolute atomic E-state index is 9.76. The fourth-order valence-corrected chi connectivity index (χ4v) is 9.56. The first-order valence-corrected chi connectivity index (χ1v) is 15.6. The van der Waals surface area contributed by atoms with Crippen LogP contribution in [0.3, 0.4) is 0 Å². The summed E-state index contributed by atoms with van der Waals surface area (Å²) in [6.07, 6.45) is 16.3. The van der Waals surface area contributed by atoms with Gasteiger partial charge in [0.2, 0.25) is 0 Å². The van der Waals surface area contributed by atoms with Gasteiger partial charge in [-0.25, -0.2) is 0 Å². The highest BCUT2D eigenvalue weighted by atomic mass is 28.4. The van der Waals surface area contributed by atoms with E-state index in [4.69, 9.17) is 8.85 Å². The van der Waals surface area contributed by atoms with Crippen molar-refractivity contribution in [2.45, 2.75) is 117 Å². The predicted molar refractivity (Wildman–Crippen MR) is 132 cm³/mol. The number of aliphatic hydroxyl groups is 1. The van der Waals surface area contributed by atoms with E-state index < -0.39 is 8.56 Å². The Morgan fingerprint density at radius 1 is 1.13 bits per heavy atom. The lowest BCUT2D eigenvalue weighted by Crippen LogP contribution is -2.45. The normalized spacial score (nSPS) is 36.1. The molecular formula is C27H48O3Si. The smallest absolute Gasteiger partial charge is 0.332 e. The monoisotopic (exact) mass is 448 g/mol. The van der Waals surface area contributed by atoms with Crippen LogP contribution in [0.1, 0.15) is 92.4 Å². The van der Waals surface area contributed by atoms with Gasteiger partial charge in [0, 0.05) is 6.61 Å². The highest BCUT2D eigenvalue weighted by Crippen LogP contribution is 2.59. The van der Waals surface area contributed by atoms with Crippen molar-refractivity contribution in [2.75, 3.05) is 6.61 Å². The van der Waals surface area contributed by atoms with Crippen molar-refractivity contribution in [2.24, 2.45) is 23.2 Å². The van der Waals surface area contributed by atoms with Gasteiger partial charge in [0.15, 0.2) is 0 Å². The van der Waals surface area contributed by atoms with E-state index in [-0.39, 0.29) is 5.60 Å². The van der Waals surface area contributed by atoms with E-state index in [1.54, 1.807) is 11.1 Å². The molecule has 5 atom stereocenters. The summed E-state index contributed by atoms with van der Waals surface area (Å²) in [5, 5.41) is 9.76. The third kappa shape index (κ3) is 6.34. The third-order valence-corrected chi connectivity index (χ3v) is 10.1. The zero-order valence-corrected chi connectivity index (χ0v) is 22.3. The van der Waals surface area contributed by atoms with E-state index >= 15 is 0 Å². The molecule has 0 radical (unpaired) electrons. The van der Waals surface area contributed by atoms with Gasteiger partial charge in [0.25, 0.3) is 0 Å². The number of aliphatic hydroxyl groups excluding tert-OH is 1. The molecule has 178 valence electrons. The standard InChI is InChI=1S/C27H48O3Si/c1-20(19-28)24-15-16-25-22(11-9-17-27(24,25)5)14-13-21-10-8-12-23(18-21)29-31(6,7)30-26(2,3)4/h13-14,20,23-25,28H,8-12,15-19H2,1-7H3/b21-13-,22-14+/t20?,23?,24-,25+,27-/m1/s1. The zero-order chi connectivity index (χ0) is 22.9. The molecule has 3 aliphatic rings. The first-order valence-electron chi connectivity index (χ1n) is 12.8. The topological polar surface area (TPSA) is 38.7 Å². The number of allylic oxidation sites excluding steroid dienone is 3. The Balaban J connectivity index is 1.66. The Morgan fingerprint density at radius 3 is 2.55 bits per heavy atom. The molecular weight excluding hydrogens is 400 g/mol. The molecule has 0 aromatic heterocycles. The molecule has 0 aliphatic heterocycles. The Labute approximate surface area is 192 Å². The van der Waals surface area contributed by atoms with E-state index in [0.29, 0.717) is 35.9 Å². The van der Waals surface area contributed by atoms with Gasteiger partial charge < -0.3 is 14.0 Å². The van der Waals surface area contributed by atoms with Crippen LogP contribution in [0.2, 0.25) is 13.1 Å². The van der Waals surface area contributed by atoms with Crippen molar-refractivity contribution in [1.29, 1.82) is 0 Å². The molecule has 2 unspecified atom stereocenters. The number of hydrogen-bond donors (Lipinski definition) is 1. The van der Waals surface area contributed by atoms with Gasteiger partial charge in [0.05, 0.1) is 11.7 Å². The SMILES string of the molecule is CC(CO)[C@H]1CC[C@H]2/C(=C/C=C3/CCCC(O[Si](C)(C)OC(C)(C)C)C3)CCC[C@]12C. The second-order valence-electron chi connectivity index (χ2n) is 12.3. The summed E-state index contributed by atoms with van der Waals surface area (Å²) < 4.78 is 12.8. The van der Waals surface area contributed by atoms with Crippen LogP contribution in [-0.4, -0.2) is 32.0 Å². The van der Waals surface area contributed by atoms with Gasteiger partial charge >= 0.3 is 8.56 Å². The molecule has 1 N–H and O–H groups in total.